The maximum absolute atomic E-state index is 12.0. The standard InChI is InChI=1S/C15H31N3O/c1-12(2)10-13(11-16)15(19)17-8-9-18(3)14-6-4-5-7-14/h12-14H,4-11,16H2,1-3H3,(H,17,19). The smallest absolute Gasteiger partial charge is 0.224 e. The van der Waals surface area contributed by atoms with Crippen molar-refractivity contribution in [3.05, 3.63) is 0 Å². The van der Waals surface area contributed by atoms with E-state index in [2.05, 4.69) is 31.1 Å². The van der Waals surface area contributed by atoms with Gasteiger partial charge in [-0.1, -0.05) is 26.7 Å². The summed E-state index contributed by atoms with van der Waals surface area (Å²) in [5, 5.41) is 3.03. The number of nitrogens with two attached hydrogens (primary N) is 1. The summed E-state index contributed by atoms with van der Waals surface area (Å²) < 4.78 is 0. The molecule has 0 saturated heterocycles. The molecule has 0 aromatic rings. The number of carbonyl (C=O) groups excluding carboxylic acids is 1. The lowest BCUT2D eigenvalue weighted by Gasteiger charge is -2.24. The molecule has 1 unspecified atom stereocenters. The molecule has 1 fully saturated rings. The van der Waals surface area contributed by atoms with Gasteiger partial charge in [0.1, 0.15) is 0 Å². The van der Waals surface area contributed by atoms with Crippen molar-refractivity contribution >= 4 is 5.91 Å². The van der Waals surface area contributed by atoms with E-state index < -0.39 is 0 Å². The minimum Gasteiger partial charge on any atom is -0.355 e. The van der Waals surface area contributed by atoms with Crippen molar-refractivity contribution < 1.29 is 4.79 Å². The van der Waals surface area contributed by atoms with Crippen LogP contribution in [0.4, 0.5) is 0 Å². The van der Waals surface area contributed by atoms with Crippen LogP contribution in [0.1, 0.15) is 46.0 Å². The quantitative estimate of drug-likeness (QED) is 0.703. The minimum atomic E-state index is -0.0308. The van der Waals surface area contributed by atoms with Crippen molar-refractivity contribution in [3.8, 4) is 0 Å². The van der Waals surface area contributed by atoms with Crippen molar-refractivity contribution in [1.82, 2.24) is 10.2 Å². The molecular formula is C15H31N3O. The van der Waals surface area contributed by atoms with E-state index in [1.165, 1.54) is 25.7 Å². The van der Waals surface area contributed by atoms with Crippen LogP contribution in [-0.4, -0.2) is 43.5 Å². The first-order chi connectivity index (χ1) is 9.04. The van der Waals surface area contributed by atoms with Crippen molar-refractivity contribution in [3.63, 3.8) is 0 Å². The monoisotopic (exact) mass is 269 g/mol. The molecular weight excluding hydrogens is 238 g/mol. The molecule has 0 aromatic carbocycles. The highest BCUT2D eigenvalue weighted by molar-refractivity contribution is 5.78. The van der Waals surface area contributed by atoms with E-state index in [9.17, 15) is 4.79 Å². The van der Waals surface area contributed by atoms with Gasteiger partial charge in [-0.05, 0) is 32.2 Å². The first kappa shape index (κ1) is 16.4. The fourth-order valence-corrected chi connectivity index (χ4v) is 2.91. The molecule has 112 valence electrons. The van der Waals surface area contributed by atoms with Gasteiger partial charge in [0.15, 0.2) is 0 Å². The molecule has 1 aliphatic rings. The zero-order valence-electron chi connectivity index (χ0n) is 12.8. The van der Waals surface area contributed by atoms with Gasteiger partial charge >= 0.3 is 0 Å². The Hall–Kier alpha value is -0.610. The maximum atomic E-state index is 12.0. The molecule has 19 heavy (non-hydrogen) atoms. The molecule has 0 bridgehead atoms. The lowest BCUT2D eigenvalue weighted by atomic mass is 9.96. The molecule has 4 nitrogen and oxygen atoms in total. The van der Waals surface area contributed by atoms with E-state index in [-0.39, 0.29) is 11.8 Å². The topological polar surface area (TPSA) is 58.4 Å². The zero-order chi connectivity index (χ0) is 14.3. The molecule has 1 amide bonds. The number of rotatable bonds is 8. The number of likely N-dealkylation sites (N-methyl/N-ethyl adjacent to an activating group) is 1. The summed E-state index contributed by atoms with van der Waals surface area (Å²) in [4.78, 5) is 14.4. The third-order valence-electron chi connectivity index (χ3n) is 4.12. The lowest BCUT2D eigenvalue weighted by Crippen LogP contribution is -2.41. The van der Waals surface area contributed by atoms with E-state index >= 15 is 0 Å². The Morgan fingerprint density at radius 1 is 1.37 bits per heavy atom. The SMILES string of the molecule is CC(C)CC(CN)C(=O)NCCN(C)C1CCCC1. The summed E-state index contributed by atoms with van der Waals surface area (Å²) >= 11 is 0. The second kappa shape index (κ2) is 8.54. The van der Waals surface area contributed by atoms with Gasteiger partial charge in [0, 0.05) is 25.7 Å². The van der Waals surface area contributed by atoms with Gasteiger partial charge in [-0.25, -0.2) is 0 Å². The van der Waals surface area contributed by atoms with Crippen molar-refractivity contribution in [2.24, 2.45) is 17.6 Å². The maximum Gasteiger partial charge on any atom is 0.224 e. The average molecular weight is 269 g/mol. The summed E-state index contributed by atoms with van der Waals surface area (Å²) in [5.74, 6) is 0.605. The summed E-state index contributed by atoms with van der Waals surface area (Å²) in [5.41, 5.74) is 5.68. The first-order valence-corrected chi connectivity index (χ1v) is 7.72. The highest BCUT2D eigenvalue weighted by Gasteiger charge is 2.20. The summed E-state index contributed by atoms with van der Waals surface area (Å²) in [6, 6.07) is 0.720. The molecule has 0 radical (unpaired) electrons. The van der Waals surface area contributed by atoms with E-state index in [1.807, 2.05) is 0 Å². The number of hydrogen-bond donors (Lipinski definition) is 2. The van der Waals surface area contributed by atoms with Crippen LogP contribution in [0, 0.1) is 11.8 Å². The van der Waals surface area contributed by atoms with Crippen molar-refractivity contribution in [2.45, 2.75) is 52.0 Å². The van der Waals surface area contributed by atoms with Crippen molar-refractivity contribution in [1.29, 1.82) is 0 Å². The predicted octanol–water partition coefficient (Wildman–Crippen LogP) is 1.60. The van der Waals surface area contributed by atoms with E-state index in [0.717, 1.165) is 25.6 Å². The van der Waals surface area contributed by atoms with E-state index in [4.69, 9.17) is 5.73 Å². The van der Waals surface area contributed by atoms with Crippen LogP contribution in [0.3, 0.4) is 0 Å². The predicted molar refractivity (Wildman–Crippen MR) is 79.9 cm³/mol. The van der Waals surface area contributed by atoms with Gasteiger partial charge in [0.05, 0.1) is 5.92 Å². The van der Waals surface area contributed by atoms with Gasteiger partial charge < -0.3 is 16.0 Å². The lowest BCUT2D eigenvalue weighted by molar-refractivity contribution is -0.125. The molecule has 0 heterocycles. The largest absolute Gasteiger partial charge is 0.355 e. The molecule has 1 atom stereocenters. The number of amides is 1. The Kier molecular flexibility index (Phi) is 7.39. The Labute approximate surface area is 118 Å². The Morgan fingerprint density at radius 3 is 2.53 bits per heavy atom. The summed E-state index contributed by atoms with van der Waals surface area (Å²) in [6.45, 7) is 6.38. The van der Waals surface area contributed by atoms with Crippen molar-refractivity contribution in [2.75, 3.05) is 26.7 Å². The third-order valence-corrected chi connectivity index (χ3v) is 4.12. The van der Waals surface area contributed by atoms with Gasteiger partial charge in [0.25, 0.3) is 0 Å². The summed E-state index contributed by atoms with van der Waals surface area (Å²) in [7, 11) is 2.16. The van der Waals surface area contributed by atoms with Crippen LogP contribution in [0.2, 0.25) is 0 Å². The second-order valence-corrected chi connectivity index (χ2v) is 6.27. The molecule has 1 rings (SSSR count). The number of carbonyl (C=O) groups is 1. The highest BCUT2D eigenvalue weighted by atomic mass is 16.1. The van der Waals surface area contributed by atoms with E-state index in [1.54, 1.807) is 0 Å². The minimum absolute atomic E-state index is 0.0308. The number of hydrogen-bond acceptors (Lipinski definition) is 3. The van der Waals surface area contributed by atoms with Crippen LogP contribution < -0.4 is 11.1 Å². The van der Waals surface area contributed by atoms with Crippen LogP contribution in [-0.2, 0) is 4.79 Å². The molecule has 3 N–H and O–H groups in total. The van der Waals surface area contributed by atoms with Gasteiger partial charge in [-0.2, -0.15) is 0 Å². The fraction of sp³-hybridized carbons (Fsp3) is 0.933. The molecule has 1 saturated carbocycles. The Morgan fingerprint density at radius 2 is 2.00 bits per heavy atom. The first-order valence-electron chi connectivity index (χ1n) is 7.72. The van der Waals surface area contributed by atoms with Gasteiger partial charge in [0.2, 0.25) is 5.91 Å². The van der Waals surface area contributed by atoms with E-state index in [0.29, 0.717) is 12.5 Å². The Bertz CT molecular complexity index is 262. The number of nitrogens with zero attached hydrogens (tertiary/aromatic N) is 1. The van der Waals surface area contributed by atoms with Crippen LogP contribution in [0.5, 0.6) is 0 Å². The van der Waals surface area contributed by atoms with Crippen LogP contribution in [0.15, 0.2) is 0 Å². The van der Waals surface area contributed by atoms with Gasteiger partial charge in [-0.15, -0.1) is 0 Å². The second-order valence-electron chi connectivity index (χ2n) is 6.27. The number of nitrogens with one attached hydrogen (secondary N) is 1. The average Bonchev–Trinajstić information content (AvgIpc) is 2.89. The highest BCUT2D eigenvalue weighted by Crippen LogP contribution is 2.21. The Balaban J connectivity index is 2.21. The molecule has 0 spiro atoms. The molecule has 1 aliphatic carbocycles. The summed E-state index contributed by atoms with van der Waals surface area (Å²) in [6.07, 6.45) is 6.20. The fourth-order valence-electron chi connectivity index (χ4n) is 2.91. The molecule has 0 aromatic heterocycles. The van der Waals surface area contributed by atoms with Crippen LogP contribution >= 0.6 is 0 Å². The zero-order valence-corrected chi connectivity index (χ0v) is 12.8. The molecule has 0 aliphatic heterocycles. The van der Waals surface area contributed by atoms with Crippen LogP contribution in [0.25, 0.3) is 0 Å². The normalized spacial score (nSPS) is 18.2. The third kappa shape index (κ3) is 5.91. The van der Waals surface area contributed by atoms with Gasteiger partial charge in [-0.3, -0.25) is 4.79 Å². The molecule has 4 heteroatoms.